The Labute approximate surface area is 396 Å². The summed E-state index contributed by atoms with van der Waals surface area (Å²) in [5.41, 5.74) is 1.67. The van der Waals surface area contributed by atoms with Crippen LogP contribution in [0, 0.1) is 30.6 Å². The fraction of sp³-hybridized carbons (Fsp3) is 0.396. The molecular formula is C53H62N2O13. The minimum absolute atomic E-state index is 0.0623. The number of fused-ring (bicyclic) bond motifs is 14. The molecule has 15 nitrogen and oxygen atoms in total. The van der Waals surface area contributed by atoms with Gasteiger partial charge in [-0.2, -0.15) is 0 Å². The SMILES string of the molecule is COC1/C=C/OC2(C)Oc3c(C)c(O)c4c(O)c(cc(OCC(=O)N(Cc5ccccc5)Cc5ccccc5)c4c3C2=O)NC(=O)/C(C)=C\C=C\C(C)C(O)C(C)C(O)C(C)C(OC(C)=O)C1C. The van der Waals surface area contributed by atoms with Gasteiger partial charge >= 0.3 is 11.8 Å². The fourth-order valence-corrected chi connectivity index (χ4v) is 8.82. The number of ether oxygens (including phenoxy) is 5. The number of allylic oxidation sites excluding steroid dienone is 2. The van der Waals surface area contributed by atoms with Gasteiger partial charge in [0.2, 0.25) is 0 Å². The summed E-state index contributed by atoms with van der Waals surface area (Å²) in [6.07, 6.45) is 3.55. The Morgan fingerprint density at radius 3 is 2.04 bits per heavy atom. The number of Topliss-reactive ketones (excluding diaryl/α,β-unsaturated/α-hetero) is 1. The van der Waals surface area contributed by atoms with Crippen molar-refractivity contribution >= 4 is 40.0 Å². The van der Waals surface area contributed by atoms with Crippen LogP contribution in [0.2, 0.25) is 0 Å². The molecule has 0 saturated heterocycles. The molecule has 362 valence electrons. The van der Waals surface area contributed by atoms with Gasteiger partial charge in [0.15, 0.2) is 12.4 Å². The molecule has 3 aliphatic heterocycles. The van der Waals surface area contributed by atoms with Gasteiger partial charge in [0.25, 0.3) is 17.6 Å². The highest BCUT2D eigenvalue weighted by Crippen LogP contribution is 2.54. The number of anilines is 1. The summed E-state index contributed by atoms with van der Waals surface area (Å²) in [6.45, 7) is 12.5. The molecule has 4 aromatic rings. The number of rotatable bonds is 9. The number of aromatic hydroxyl groups is 2. The zero-order valence-corrected chi connectivity index (χ0v) is 39.9. The number of hydrogen-bond acceptors (Lipinski definition) is 13. The Morgan fingerprint density at radius 1 is 0.838 bits per heavy atom. The first-order valence-corrected chi connectivity index (χ1v) is 22.6. The lowest BCUT2D eigenvalue weighted by Crippen LogP contribution is -2.46. The van der Waals surface area contributed by atoms with Gasteiger partial charge in [-0.25, -0.2) is 0 Å². The Kier molecular flexibility index (Phi) is 16.1. The van der Waals surface area contributed by atoms with E-state index in [-0.39, 0.29) is 57.7 Å². The fourth-order valence-electron chi connectivity index (χ4n) is 8.82. The Bertz CT molecular complexity index is 2550. The lowest BCUT2D eigenvalue weighted by Gasteiger charge is -2.38. The van der Waals surface area contributed by atoms with Crippen LogP contribution in [0.1, 0.15) is 75.5 Å². The maximum absolute atomic E-state index is 14.8. The number of benzene rings is 4. The van der Waals surface area contributed by atoms with E-state index in [9.17, 15) is 39.6 Å². The molecule has 2 amide bonds. The van der Waals surface area contributed by atoms with E-state index in [1.807, 2.05) is 60.7 Å². The highest BCUT2D eigenvalue weighted by atomic mass is 16.7. The van der Waals surface area contributed by atoms with Crippen LogP contribution in [0.25, 0.3) is 10.8 Å². The number of phenols is 2. The summed E-state index contributed by atoms with van der Waals surface area (Å²) >= 11 is 0. The Hall–Kier alpha value is -6.68. The molecule has 0 aliphatic carbocycles. The van der Waals surface area contributed by atoms with E-state index >= 15 is 0 Å². The molecule has 9 unspecified atom stereocenters. The van der Waals surface area contributed by atoms with Crippen LogP contribution >= 0.6 is 0 Å². The second-order valence-corrected chi connectivity index (χ2v) is 17.9. The number of aliphatic hydroxyl groups is 2. The van der Waals surface area contributed by atoms with Gasteiger partial charge in [-0.3, -0.25) is 19.2 Å². The quantitative estimate of drug-likeness (QED) is 0.0808. The standard InChI is InChI=1S/C53H62N2O13/c1-29-17-16-18-30(2)52(63)54-38-25-40(65-28-41(57)55(26-36-19-12-10-13-20-36)27-37-21-14-11-15-22-37)42-43(48(38)61)47(60)34(6)50-44(42)51(62)53(8,68-50)66-24-23-39(64-9)31(3)49(67-35(7)56)33(5)46(59)32(4)45(29)58/h10-25,29,31-33,39,45-46,49,58-61H,26-28H2,1-9H3,(H,54,63)/b17-16+,24-23+,30-18-. The minimum Gasteiger partial charge on any atom is -0.507 e. The van der Waals surface area contributed by atoms with Crippen LogP contribution in [-0.4, -0.2) is 92.8 Å². The number of carbonyl (C=O) groups excluding carboxylic acids is 4. The molecule has 3 aliphatic rings. The zero-order chi connectivity index (χ0) is 49.6. The third-order valence-corrected chi connectivity index (χ3v) is 13.0. The van der Waals surface area contributed by atoms with Gasteiger partial charge in [0.05, 0.1) is 41.2 Å². The summed E-state index contributed by atoms with van der Waals surface area (Å²) in [5.74, 6) is -8.31. The maximum atomic E-state index is 14.8. The van der Waals surface area contributed by atoms with Crippen molar-refractivity contribution in [3.8, 4) is 23.0 Å². The number of esters is 1. The van der Waals surface area contributed by atoms with Crippen LogP contribution in [0.5, 0.6) is 23.0 Å². The lowest BCUT2D eigenvalue weighted by atomic mass is 9.78. The zero-order valence-electron chi connectivity index (χ0n) is 39.9. The Morgan fingerprint density at radius 2 is 1.46 bits per heavy atom. The number of carbonyl (C=O) groups is 4. The van der Waals surface area contributed by atoms with Gasteiger partial charge in [-0.1, -0.05) is 107 Å². The van der Waals surface area contributed by atoms with Crippen LogP contribution in [0.15, 0.2) is 103 Å². The van der Waals surface area contributed by atoms with E-state index in [1.54, 1.807) is 44.7 Å². The third kappa shape index (κ3) is 10.9. The monoisotopic (exact) mass is 934 g/mol. The minimum atomic E-state index is -2.06. The second kappa shape index (κ2) is 21.5. The van der Waals surface area contributed by atoms with Gasteiger partial charge in [0.1, 0.15) is 23.4 Å². The van der Waals surface area contributed by atoms with Crippen molar-refractivity contribution in [3.05, 3.63) is 125 Å². The number of hydrogen-bond donors (Lipinski definition) is 5. The molecular weight excluding hydrogens is 873 g/mol. The smallest absolute Gasteiger partial charge is 0.312 e. The summed E-state index contributed by atoms with van der Waals surface area (Å²) in [5, 5.41) is 49.1. The first kappa shape index (κ1) is 50.7. The molecule has 0 fully saturated rings. The predicted octanol–water partition coefficient (Wildman–Crippen LogP) is 7.66. The predicted molar refractivity (Wildman–Crippen MR) is 255 cm³/mol. The first-order valence-electron chi connectivity index (χ1n) is 22.6. The molecule has 15 heteroatoms. The topological polar surface area (TPSA) is 211 Å². The highest BCUT2D eigenvalue weighted by Gasteiger charge is 2.50. The van der Waals surface area contributed by atoms with E-state index in [0.29, 0.717) is 0 Å². The van der Waals surface area contributed by atoms with Crippen molar-refractivity contribution < 1.29 is 63.3 Å². The van der Waals surface area contributed by atoms with Gasteiger partial charge in [-0.05, 0) is 31.1 Å². The van der Waals surface area contributed by atoms with Gasteiger partial charge < -0.3 is 54.3 Å². The average Bonchev–Trinajstić information content (AvgIpc) is 3.59. The van der Waals surface area contributed by atoms with E-state index in [4.69, 9.17) is 23.7 Å². The van der Waals surface area contributed by atoms with Crippen molar-refractivity contribution in [2.45, 2.75) is 98.7 Å². The third-order valence-electron chi connectivity index (χ3n) is 13.0. The van der Waals surface area contributed by atoms with Crippen LogP contribution in [0.3, 0.4) is 0 Å². The van der Waals surface area contributed by atoms with Crippen LogP contribution in [0.4, 0.5) is 5.69 Å². The number of aliphatic hydroxyl groups excluding tert-OH is 2. The van der Waals surface area contributed by atoms with Crippen molar-refractivity contribution in [1.82, 2.24) is 4.90 Å². The van der Waals surface area contributed by atoms with Crippen molar-refractivity contribution in [1.29, 1.82) is 0 Å². The molecule has 0 radical (unpaired) electrons. The summed E-state index contributed by atoms with van der Waals surface area (Å²) in [7, 11) is 1.44. The summed E-state index contributed by atoms with van der Waals surface area (Å²) in [4.78, 5) is 56.8. The molecule has 4 aromatic carbocycles. The van der Waals surface area contributed by atoms with E-state index in [0.717, 1.165) is 11.1 Å². The molecule has 0 saturated carbocycles. The molecule has 9 atom stereocenters. The maximum Gasteiger partial charge on any atom is 0.312 e. The molecule has 5 N–H and O–H groups in total. The highest BCUT2D eigenvalue weighted by molar-refractivity contribution is 6.21. The van der Waals surface area contributed by atoms with Crippen molar-refractivity contribution in [2.24, 2.45) is 23.7 Å². The molecule has 3 heterocycles. The van der Waals surface area contributed by atoms with Gasteiger partial charge in [-0.15, -0.1) is 0 Å². The van der Waals surface area contributed by atoms with Crippen molar-refractivity contribution in [2.75, 3.05) is 19.0 Å². The number of methoxy groups -OCH3 is 1. The second-order valence-electron chi connectivity index (χ2n) is 17.9. The van der Waals surface area contributed by atoms with E-state index < -0.39 is 95.5 Å². The number of phenolic OH excluding ortho intramolecular Hbond substituents is 2. The van der Waals surface area contributed by atoms with Gasteiger partial charge in [0, 0.05) is 80.3 Å². The number of nitrogens with zero attached hydrogens (tertiary/aromatic N) is 1. The largest absolute Gasteiger partial charge is 0.507 e. The first-order chi connectivity index (χ1) is 32.3. The summed E-state index contributed by atoms with van der Waals surface area (Å²) in [6, 6.07) is 20.1. The molecule has 7 rings (SSSR count). The average molecular weight is 935 g/mol. The molecule has 68 heavy (non-hydrogen) atoms. The van der Waals surface area contributed by atoms with Crippen LogP contribution in [-0.2, 0) is 41.7 Å². The molecule has 5 bridgehead atoms. The lowest BCUT2D eigenvalue weighted by molar-refractivity contribution is -0.160. The van der Waals surface area contributed by atoms with E-state index in [1.165, 1.54) is 59.3 Å². The number of nitrogens with one attached hydrogen (secondary N) is 1. The van der Waals surface area contributed by atoms with Crippen molar-refractivity contribution in [3.63, 3.8) is 0 Å². The molecule has 0 aromatic heterocycles. The van der Waals surface area contributed by atoms with Crippen LogP contribution < -0.4 is 14.8 Å². The normalized spacial score (nSPS) is 27.3. The summed E-state index contributed by atoms with van der Waals surface area (Å²) < 4.78 is 30.2. The van der Waals surface area contributed by atoms with E-state index in [2.05, 4.69) is 5.32 Å². The molecule has 0 spiro atoms. The Balaban J connectivity index is 1.47. The number of ketones is 1. The number of amides is 2.